The number of hydrogen-bond donors (Lipinski definition) is 1. The molecule has 0 spiro atoms. The van der Waals surface area contributed by atoms with Gasteiger partial charge in [-0.1, -0.05) is 0 Å². The summed E-state index contributed by atoms with van der Waals surface area (Å²) in [6, 6.07) is 1.92. The molecule has 0 heterocycles. The molecule has 0 amide bonds. The van der Waals surface area contributed by atoms with Gasteiger partial charge in [0.15, 0.2) is 0 Å². The molecule has 0 aromatic rings. The molecule has 0 saturated carbocycles. The van der Waals surface area contributed by atoms with Gasteiger partial charge in [-0.15, -0.1) is 0 Å². The first kappa shape index (κ1) is 11.6. The molecule has 0 rings (SSSR count). The minimum Gasteiger partial charge on any atom is -0.300 e. The lowest BCUT2D eigenvalue weighted by atomic mass is 10.1. The Morgan fingerprint density at radius 2 is 1.83 bits per heavy atom. The molecule has 0 radical (unpaired) electrons. The Morgan fingerprint density at radius 3 is 2.08 bits per heavy atom. The third-order valence-electron chi connectivity index (χ3n) is 1.18. The third-order valence-corrected chi connectivity index (χ3v) is 2.97. The Bertz CT molecular complexity index is 225. The normalized spacial score (nSPS) is 12.6. The van der Waals surface area contributed by atoms with Gasteiger partial charge in [-0.25, -0.2) is 9.65 Å². The third kappa shape index (κ3) is 3.33. The highest BCUT2D eigenvalue weighted by Gasteiger charge is 2.30. The lowest BCUT2D eigenvalue weighted by molar-refractivity contribution is 0.255. The standard InChI is InChI=1S/C6H13N2O3P/c1-6(2,5-7)8-12(9,10-3)11-4/h1-4H3,(H,8,9). The van der Waals surface area contributed by atoms with Crippen molar-refractivity contribution < 1.29 is 13.6 Å². The van der Waals surface area contributed by atoms with E-state index in [0.717, 1.165) is 0 Å². The van der Waals surface area contributed by atoms with Crippen molar-refractivity contribution in [3.05, 3.63) is 0 Å². The van der Waals surface area contributed by atoms with Crippen molar-refractivity contribution >= 4 is 7.75 Å². The molecule has 0 aromatic carbocycles. The summed E-state index contributed by atoms with van der Waals surface area (Å²) >= 11 is 0. The van der Waals surface area contributed by atoms with E-state index in [1.165, 1.54) is 14.2 Å². The van der Waals surface area contributed by atoms with E-state index in [9.17, 15) is 4.57 Å². The summed E-state index contributed by atoms with van der Waals surface area (Å²) in [6.45, 7) is 3.16. The van der Waals surface area contributed by atoms with Crippen LogP contribution < -0.4 is 5.09 Å². The van der Waals surface area contributed by atoms with Crippen LogP contribution in [0.15, 0.2) is 0 Å². The average molecular weight is 192 g/mol. The van der Waals surface area contributed by atoms with E-state index in [0.29, 0.717) is 0 Å². The largest absolute Gasteiger partial charge is 0.406 e. The summed E-state index contributed by atoms with van der Waals surface area (Å²) in [4.78, 5) is 0. The molecule has 70 valence electrons. The van der Waals surface area contributed by atoms with Crippen LogP contribution in [-0.4, -0.2) is 19.8 Å². The van der Waals surface area contributed by atoms with Crippen molar-refractivity contribution in [1.82, 2.24) is 5.09 Å². The van der Waals surface area contributed by atoms with Crippen molar-refractivity contribution in [2.24, 2.45) is 0 Å². The van der Waals surface area contributed by atoms with Crippen LogP contribution in [0.25, 0.3) is 0 Å². The zero-order chi connectivity index (χ0) is 9.83. The van der Waals surface area contributed by atoms with Gasteiger partial charge in [0.1, 0.15) is 5.54 Å². The zero-order valence-electron chi connectivity index (χ0n) is 7.62. The van der Waals surface area contributed by atoms with Crippen LogP contribution in [0.1, 0.15) is 13.8 Å². The summed E-state index contributed by atoms with van der Waals surface area (Å²) in [5, 5.41) is 11.1. The van der Waals surface area contributed by atoms with Gasteiger partial charge in [0.25, 0.3) is 0 Å². The van der Waals surface area contributed by atoms with Crippen LogP contribution in [-0.2, 0) is 13.6 Å². The van der Waals surface area contributed by atoms with Gasteiger partial charge in [-0.2, -0.15) is 5.26 Å². The predicted molar refractivity (Wildman–Crippen MR) is 44.5 cm³/mol. The molecule has 0 aliphatic rings. The molecule has 0 aliphatic heterocycles. The molecule has 0 atom stereocenters. The maximum atomic E-state index is 11.4. The number of rotatable bonds is 4. The number of nitrogens with one attached hydrogen (secondary N) is 1. The van der Waals surface area contributed by atoms with E-state index in [4.69, 9.17) is 5.26 Å². The average Bonchev–Trinajstić information content (AvgIpc) is 2.04. The topological polar surface area (TPSA) is 71.3 Å². The van der Waals surface area contributed by atoms with Crippen LogP contribution in [0.3, 0.4) is 0 Å². The minimum absolute atomic E-state index is 0.929. The zero-order valence-corrected chi connectivity index (χ0v) is 8.51. The molecule has 0 aromatic heterocycles. The van der Waals surface area contributed by atoms with Crippen molar-refractivity contribution in [2.75, 3.05) is 14.2 Å². The highest BCUT2D eigenvalue weighted by atomic mass is 31.2. The van der Waals surface area contributed by atoms with Gasteiger partial charge >= 0.3 is 7.75 Å². The molecule has 1 N–H and O–H groups in total. The van der Waals surface area contributed by atoms with Gasteiger partial charge in [-0.3, -0.25) is 0 Å². The van der Waals surface area contributed by atoms with Crippen LogP contribution in [0.4, 0.5) is 0 Å². The van der Waals surface area contributed by atoms with Gasteiger partial charge < -0.3 is 9.05 Å². The molecule has 5 nitrogen and oxygen atoms in total. The SMILES string of the molecule is COP(=O)(NC(C)(C)C#N)OC. The molecule has 0 fully saturated rings. The van der Waals surface area contributed by atoms with Gasteiger partial charge in [0, 0.05) is 14.2 Å². The fraction of sp³-hybridized carbons (Fsp3) is 0.833. The summed E-state index contributed by atoms with van der Waals surface area (Å²) in [6.07, 6.45) is 0. The summed E-state index contributed by atoms with van der Waals surface area (Å²) in [5.74, 6) is 0. The Hall–Kier alpha value is -0.400. The fourth-order valence-corrected chi connectivity index (χ4v) is 1.60. The van der Waals surface area contributed by atoms with Gasteiger partial charge in [0.2, 0.25) is 0 Å². The number of nitriles is 1. The monoisotopic (exact) mass is 192 g/mol. The maximum Gasteiger partial charge on any atom is 0.406 e. The van der Waals surface area contributed by atoms with Gasteiger partial charge in [0.05, 0.1) is 6.07 Å². The molecule has 0 bridgehead atoms. The molecule has 0 aliphatic carbocycles. The Kier molecular flexibility index (Phi) is 3.88. The Labute approximate surface area is 72.3 Å². The van der Waals surface area contributed by atoms with Crippen molar-refractivity contribution in [3.8, 4) is 6.07 Å². The molecular weight excluding hydrogens is 179 g/mol. The molecule has 0 unspecified atom stereocenters. The minimum atomic E-state index is -3.29. The number of nitrogens with zero attached hydrogens (tertiary/aromatic N) is 1. The van der Waals surface area contributed by atoms with Crippen LogP contribution in [0, 0.1) is 11.3 Å². The van der Waals surface area contributed by atoms with Crippen LogP contribution in [0.5, 0.6) is 0 Å². The lowest BCUT2D eigenvalue weighted by Gasteiger charge is -2.22. The highest BCUT2D eigenvalue weighted by molar-refractivity contribution is 7.51. The van der Waals surface area contributed by atoms with Crippen molar-refractivity contribution in [3.63, 3.8) is 0 Å². The summed E-state index contributed by atoms with van der Waals surface area (Å²) < 4.78 is 20.6. The van der Waals surface area contributed by atoms with Gasteiger partial charge in [-0.05, 0) is 13.8 Å². The fourth-order valence-electron chi connectivity index (χ4n) is 0.533. The van der Waals surface area contributed by atoms with Crippen LogP contribution >= 0.6 is 7.75 Å². The molecule has 6 heteroatoms. The predicted octanol–water partition coefficient (Wildman–Crippen LogP) is 1.28. The first-order valence-electron chi connectivity index (χ1n) is 3.31. The smallest absolute Gasteiger partial charge is 0.300 e. The van der Waals surface area contributed by atoms with E-state index in [2.05, 4.69) is 14.1 Å². The van der Waals surface area contributed by atoms with Crippen molar-refractivity contribution in [2.45, 2.75) is 19.4 Å². The lowest BCUT2D eigenvalue weighted by Crippen LogP contribution is -2.35. The second kappa shape index (κ2) is 4.01. The van der Waals surface area contributed by atoms with E-state index < -0.39 is 13.3 Å². The Balaban J connectivity index is 4.44. The maximum absolute atomic E-state index is 11.4. The van der Waals surface area contributed by atoms with E-state index in [-0.39, 0.29) is 0 Å². The van der Waals surface area contributed by atoms with Crippen molar-refractivity contribution in [1.29, 1.82) is 5.26 Å². The first-order chi connectivity index (χ1) is 5.39. The van der Waals surface area contributed by atoms with Crippen LogP contribution in [0.2, 0.25) is 0 Å². The number of hydrogen-bond acceptors (Lipinski definition) is 4. The molecular formula is C6H13N2O3P. The second-order valence-electron chi connectivity index (χ2n) is 2.71. The Morgan fingerprint density at radius 1 is 1.42 bits per heavy atom. The highest BCUT2D eigenvalue weighted by Crippen LogP contribution is 2.43. The molecule has 12 heavy (non-hydrogen) atoms. The van der Waals surface area contributed by atoms with E-state index in [1.54, 1.807) is 13.8 Å². The summed E-state index contributed by atoms with van der Waals surface area (Å²) in [5.41, 5.74) is -0.929. The first-order valence-corrected chi connectivity index (χ1v) is 4.85. The summed E-state index contributed by atoms with van der Waals surface area (Å²) in [7, 11) is -0.782. The molecule has 0 saturated heterocycles. The second-order valence-corrected chi connectivity index (χ2v) is 4.66. The quantitative estimate of drug-likeness (QED) is 0.679. The van der Waals surface area contributed by atoms with E-state index >= 15 is 0 Å². The van der Waals surface area contributed by atoms with E-state index in [1.807, 2.05) is 6.07 Å².